The van der Waals surface area contributed by atoms with E-state index in [1.54, 1.807) is 28.8 Å². The second-order valence-electron chi connectivity index (χ2n) is 16.3. The van der Waals surface area contributed by atoms with Crippen LogP contribution in [0.1, 0.15) is 38.1 Å². The van der Waals surface area contributed by atoms with Crippen molar-refractivity contribution in [1.29, 1.82) is 0 Å². The molecule has 2 aromatic carbocycles. The predicted molar refractivity (Wildman–Crippen MR) is 260 cm³/mol. The second-order valence-corrected chi connectivity index (χ2v) is 19.6. The highest BCUT2D eigenvalue weighted by atomic mass is 32.2. The largest absolute Gasteiger partial charge is 0.463 e. The van der Waals surface area contributed by atoms with Crippen LogP contribution in [-0.2, 0) is 36.7 Å². The fourth-order valence-corrected chi connectivity index (χ4v) is 10.6. The molecule has 0 amide bonds. The highest BCUT2D eigenvalue weighted by molar-refractivity contribution is 7.86. The van der Waals surface area contributed by atoms with E-state index >= 15 is 0 Å². The molecule has 0 radical (unpaired) electrons. The fourth-order valence-electron chi connectivity index (χ4n) is 8.31. The minimum Gasteiger partial charge on any atom is -0.463 e. The molecule has 0 aliphatic carbocycles. The molecule has 8 heterocycles. The SMILES string of the molecule is CCc1nc2ccc(N3CCC(OC=O)C3)nn2c1N(C)c1nc(-c2ccc(F)cc2)cs1.CCc1nc2ccc(N3CCC(OS(C)(=O)=O)C3)nn2c1N(C)c1nc(-c2ccc(F)cc2)cs1. The molecule has 354 valence electrons. The number of imidazole rings is 2. The van der Waals surface area contributed by atoms with E-state index in [1.807, 2.05) is 75.3 Å². The highest BCUT2D eigenvalue weighted by Gasteiger charge is 2.29. The molecule has 2 saturated heterocycles. The van der Waals surface area contributed by atoms with E-state index in [4.69, 9.17) is 39.1 Å². The van der Waals surface area contributed by atoms with Crippen LogP contribution in [0.25, 0.3) is 33.8 Å². The third-order valence-corrected chi connectivity index (χ3v) is 14.1. The summed E-state index contributed by atoms with van der Waals surface area (Å²) in [4.78, 5) is 37.8. The Labute approximate surface area is 399 Å². The minimum atomic E-state index is -3.51. The van der Waals surface area contributed by atoms with Crippen LogP contribution >= 0.6 is 22.7 Å². The van der Waals surface area contributed by atoms with Crippen molar-refractivity contribution in [3.63, 3.8) is 0 Å². The first kappa shape index (κ1) is 46.5. The zero-order valence-corrected chi connectivity index (χ0v) is 40.3. The van der Waals surface area contributed by atoms with E-state index in [1.165, 1.54) is 46.9 Å². The maximum atomic E-state index is 13.3. The fraction of sp³-hybridized carbons (Fsp3) is 0.326. The maximum absolute atomic E-state index is 13.3. The molecule has 22 heteroatoms. The Morgan fingerprint density at radius 3 is 1.54 bits per heavy atom. The van der Waals surface area contributed by atoms with Crippen molar-refractivity contribution in [2.45, 2.75) is 51.7 Å². The maximum Gasteiger partial charge on any atom is 0.293 e. The normalized spacial score (nSPS) is 16.1. The van der Waals surface area contributed by atoms with Gasteiger partial charge in [0.2, 0.25) is 0 Å². The van der Waals surface area contributed by atoms with Crippen molar-refractivity contribution in [3.05, 3.63) is 107 Å². The average Bonchev–Trinajstić information content (AvgIpc) is 4.20. The standard InChI is InChI=1S/C23H25FN6O3S2.C23H23FN6O2S/c1-4-18-22(28(2)23-26-19(14-34-23)15-5-7-16(24)8-6-15)30-20(25-18)9-10-21(27-30)29-12-11-17(13-29)33-35(3,31)32;1-3-18-22(28(2)23-26-19(13-33-23)15-4-6-16(24)7-5-15)30-20(25-18)8-9-21(27-30)29-11-10-17(12-29)32-14-31/h5-10,14,17H,4,11-13H2,1-3H3;4-9,13-14,17H,3,10-12H2,1-2H3. The number of aromatic nitrogens is 8. The summed E-state index contributed by atoms with van der Waals surface area (Å²) in [6, 6.07) is 20.3. The number of rotatable bonds is 14. The van der Waals surface area contributed by atoms with Gasteiger partial charge in [0, 0.05) is 62.0 Å². The van der Waals surface area contributed by atoms with Crippen LogP contribution in [0.3, 0.4) is 0 Å². The zero-order chi connectivity index (χ0) is 47.7. The van der Waals surface area contributed by atoms with Crippen molar-refractivity contribution in [2.24, 2.45) is 0 Å². The number of anilines is 6. The Kier molecular flexibility index (Phi) is 13.4. The van der Waals surface area contributed by atoms with Crippen molar-refractivity contribution in [2.75, 3.05) is 66.1 Å². The van der Waals surface area contributed by atoms with Crippen molar-refractivity contribution in [1.82, 2.24) is 39.2 Å². The molecular formula is C46H48F2N12O5S3. The van der Waals surface area contributed by atoms with Crippen LogP contribution in [0, 0.1) is 11.6 Å². The lowest BCUT2D eigenvalue weighted by Crippen LogP contribution is -2.25. The molecule has 68 heavy (non-hydrogen) atoms. The monoisotopic (exact) mass is 982 g/mol. The zero-order valence-electron chi connectivity index (χ0n) is 37.9. The molecule has 0 bridgehead atoms. The number of hydrogen-bond donors (Lipinski definition) is 0. The molecule has 2 atom stereocenters. The lowest BCUT2D eigenvalue weighted by Gasteiger charge is -2.19. The number of aryl methyl sites for hydroxylation is 2. The van der Waals surface area contributed by atoms with Gasteiger partial charge in [-0.15, -0.1) is 32.9 Å². The second kappa shape index (κ2) is 19.5. The molecule has 6 aromatic heterocycles. The molecule has 8 aromatic rings. The number of ether oxygens (including phenoxy) is 1. The van der Waals surface area contributed by atoms with E-state index in [0.29, 0.717) is 44.6 Å². The molecule has 0 saturated carbocycles. The Hall–Kier alpha value is -6.62. The number of thiazole rings is 2. The number of fused-ring (bicyclic) bond motifs is 2. The van der Waals surface area contributed by atoms with E-state index in [9.17, 15) is 22.0 Å². The number of carbonyl (C=O) groups excluding carboxylic acids is 1. The molecular weight excluding hydrogens is 935 g/mol. The first-order valence-electron chi connectivity index (χ1n) is 21.9. The first-order valence-corrected chi connectivity index (χ1v) is 25.5. The van der Waals surface area contributed by atoms with Gasteiger partial charge in [0.25, 0.3) is 16.6 Å². The summed E-state index contributed by atoms with van der Waals surface area (Å²) in [6.07, 6.45) is 3.40. The summed E-state index contributed by atoms with van der Waals surface area (Å²) in [5.74, 6) is 2.64. The molecule has 2 aliphatic rings. The van der Waals surface area contributed by atoms with Crippen LogP contribution in [0.5, 0.6) is 0 Å². The number of hydrogen-bond acceptors (Lipinski definition) is 17. The topological polar surface area (TPSA) is 169 Å². The number of benzene rings is 2. The van der Waals surface area contributed by atoms with E-state index in [2.05, 4.69) is 11.8 Å². The Morgan fingerprint density at radius 1 is 0.676 bits per heavy atom. The van der Waals surface area contributed by atoms with Crippen LogP contribution in [0.4, 0.5) is 42.3 Å². The van der Waals surface area contributed by atoms with Gasteiger partial charge < -0.3 is 24.3 Å². The summed E-state index contributed by atoms with van der Waals surface area (Å²) in [7, 11) is 0.369. The summed E-state index contributed by atoms with van der Waals surface area (Å²) in [6.45, 7) is 7.09. The van der Waals surface area contributed by atoms with Crippen LogP contribution in [0.2, 0.25) is 0 Å². The summed E-state index contributed by atoms with van der Waals surface area (Å²) in [5.41, 5.74) is 6.55. The summed E-state index contributed by atoms with van der Waals surface area (Å²) in [5, 5.41) is 15.2. The highest BCUT2D eigenvalue weighted by Crippen LogP contribution is 2.36. The third kappa shape index (κ3) is 9.84. The van der Waals surface area contributed by atoms with Gasteiger partial charge in [0.05, 0.1) is 41.7 Å². The minimum absolute atomic E-state index is 0.115. The summed E-state index contributed by atoms with van der Waals surface area (Å²) >= 11 is 3.00. The quantitative estimate of drug-likeness (QED) is 0.0760. The molecule has 2 aliphatic heterocycles. The number of nitrogens with zero attached hydrogens (tertiary/aromatic N) is 12. The van der Waals surface area contributed by atoms with Gasteiger partial charge in [-0.2, -0.15) is 17.4 Å². The van der Waals surface area contributed by atoms with Gasteiger partial charge in [-0.05, 0) is 92.1 Å². The smallest absolute Gasteiger partial charge is 0.293 e. The Bertz CT molecular complexity index is 3180. The lowest BCUT2D eigenvalue weighted by molar-refractivity contribution is -0.132. The Morgan fingerprint density at radius 2 is 1.12 bits per heavy atom. The molecule has 17 nitrogen and oxygen atoms in total. The Balaban J connectivity index is 0.000000170. The van der Waals surface area contributed by atoms with Crippen molar-refractivity contribution < 1.29 is 30.9 Å². The van der Waals surface area contributed by atoms with Gasteiger partial charge in [0.1, 0.15) is 29.4 Å². The first-order chi connectivity index (χ1) is 32.8. The van der Waals surface area contributed by atoms with Crippen LogP contribution < -0.4 is 19.6 Å². The summed E-state index contributed by atoms with van der Waals surface area (Å²) < 4.78 is 63.6. The number of carbonyl (C=O) groups is 1. The van der Waals surface area contributed by atoms with Crippen LogP contribution in [-0.4, -0.2) is 113 Å². The molecule has 2 fully saturated rings. The van der Waals surface area contributed by atoms with Gasteiger partial charge in [0.15, 0.2) is 33.2 Å². The third-order valence-electron chi connectivity index (χ3n) is 11.7. The number of halogens is 2. The van der Waals surface area contributed by atoms with E-state index in [-0.39, 0.29) is 23.8 Å². The van der Waals surface area contributed by atoms with Gasteiger partial charge in [-0.25, -0.2) is 28.7 Å². The molecule has 0 N–H and O–H groups in total. The predicted octanol–water partition coefficient (Wildman–Crippen LogP) is 7.95. The van der Waals surface area contributed by atoms with Crippen LogP contribution in [0.15, 0.2) is 83.6 Å². The van der Waals surface area contributed by atoms with Crippen molar-refractivity contribution in [3.8, 4) is 22.5 Å². The lowest BCUT2D eigenvalue weighted by atomic mass is 10.2. The van der Waals surface area contributed by atoms with Gasteiger partial charge in [-0.1, -0.05) is 13.8 Å². The molecule has 10 rings (SSSR count). The van der Waals surface area contributed by atoms with E-state index < -0.39 is 10.1 Å². The average molecular weight is 983 g/mol. The van der Waals surface area contributed by atoms with Crippen molar-refractivity contribution >= 4 is 84.1 Å². The van der Waals surface area contributed by atoms with Gasteiger partial charge >= 0.3 is 0 Å². The van der Waals surface area contributed by atoms with Gasteiger partial charge in [-0.3, -0.25) is 8.98 Å². The molecule has 2 unspecified atom stereocenters. The molecule has 0 spiro atoms. The van der Waals surface area contributed by atoms with E-state index in [0.717, 1.165) is 98.7 Å².